The van der Waals surface area contributed by atoms with Crippen LogP contribution in [0.25, 0.3) is 0 Å². The van der Waals surface area contributed by atoms with E-state index >= 15 is 0 Å². The van der Waals surface area contributed by atoms with E-state index in [2.05, 4.69) is 63.2 Å². The van der Waals surface area contributed by atoms with Crippen molar-refractivity contribution in [1.29, 1.82) is 0 Å². The zero-order valence-corrected chi connectivity index (χ0v) is 19.9. The molecule has 3 atom stereocenters. The van der Waals surface area contributed by atoms with Crippen LogP contribution in [0, 0.1) is 5.92 Å². The number of rotatable bonds is 6. The van der Waals surface area contributed by atoms with Gasteiger partial charge in [-0.25, -0.2) is 0 Å². The SMILES string of the molecule is CCNC(=NCC1CCCN(C)C1c1cccs1)NC1CCCN(c2cnn(C)c2)C1. The number of hydrogen-bond donors (Lipinski definition) is 2. The molecule has 2 saturated heterocycles. The highest BCUT2D eigenvalue weighted by Gasteiger charge is 2.31. The van der Waals surface area contributed by atoms with Gasteiger partial charge in [-0.05, 0) is 63.6 Å². The summed E-state index contributed by atoms with van der Waals surface area (Å²) in [6.07, 6.45) is 8.92. The minimum absolute atomic E-state index is 0.397. The van der Waals surface area contributed by atoms with E-state index in [1.165, 1.54) is 42.8 Å². The Hall–Kier alpha value is -2.06. The van der Waals surface area contributed by atoms with Gasteiger partial charge in [0, 0.05) is 56.4 Å². The zero-order valence-electron chi connectivity index (χ0n) is 19.1. The molecule has 2 fully saturated rings. The van der Waals surface area contributed by atoms with Crippen molar-refractivity contribution in [1.82, 2.24) is 25.3 Å². The molecule has 8 heteroatoms. The molecule has 170 valence electrons. The van der Waals surface area contributed by atoms with Crippen LogP contribution >= 0.6 is 11.3 Å². The van der Waals surface area contributed by atoms with Crippen LogP contribution in [-0.4, -0.2) is 66.5 Å². The van der Waals surface area contributed by atoms with Gasteiger partial charge in [0.1, 0.15) is 0 Å². The monoisotopic (exact) mass is 443 g/mol. The number of guanidine groups is 1. The van der Waals surface area contributed by atoms with Crippen molar-refractivity contribution in [3.8, 4) is 0 Å². The first-order valence-electron chi connectivity index (χ1n) is 11.7. The molecular formula is C23H37N7S. The van der Waals surface area contributed by atoms with Gasteiger partial charge in [-0.1, -0.05) is 6.07 Å². The molecule has 31 heavy (non-hydrogen) atoms. The molecule has 0 bridgehead atoms. The summed E-state index contributed by atoms with van der Waals surface area (Å²) in [7, 11) is 4.24. The summed E-state index contributed by atoms with van der Waals surface area (Å²) in [5, 5.41) is 13.7. The summed E-state index contributed by atoms with van der Waals surface area (Å²) in [6, 6.07) is 5.34. The highest BCUT2D eigenvalue weighted by Crippen LogP contribution is 2.37. The Balaban J connectivity index is 1.40. The Bertz CT molecular complexity index is 831. The average Bonchev–Trinajstić information content (AvgIpc) is 3.44. The maximum absolute atomic E-state index is 5.07. The normalized spacial score (nSPS) is 25.6. The van der Waals surface area contributed by atoms with Crippen molar-refractivity contribution in [2.45, 2.75) is 44.7 Å². The Kier molecular flexibility index (Phi) is 7.50. The first-order chi connectivity index (χ1) is 15.1. The molecule has 2 aliphatic rings. The van der Waals surface area contributed by atoms with Gasteiger partial charge in [-0.2, -0.15) is 5.10 Å². The van der Waals surface area contributed by atoms with E-state index in [-0.39, 0.29) is 0 Å². The third-order valence-corrected chi connectivity index (χ3v) is 7.43. The maximum atomic E-state index is 5.07. The number of anilines is 1. The van der Waals surface area contributed by atoms with E-state index < -0.39 is 0 Å². The summed E-state index contributed by atoms with van der Waals surface area (Å²) in [4.78, 5) is 11.5. The molecule has 4 rings (SSSR count). The van der Waals surface area contributed by atoms with Crippen molar-refractivity contribution in [3.63, 3.8) is 0 Å². The van der Waals surface area contributed by atoms with Crippen LogP contribution in [0.3, 0.4) is 0 Å². The molecule has 2 N–H and O–H groups in total. The van der Waals surface area contributed by atoms with E-state index in [0.717, 1.165) is 32.1 Å². The third-order valence-electron chi connectivity index (χ3n) is 6.49. The molecule has 3 unspecified atom stereocenters. The molecule has 7 nitrogen and oxygen atoms in total. The second kappa shape index (κ2) is 10.5. The van der Waals surface area contributed by atoms with Gasteiger partial charge in [-0.3, -0.25) is 14.6 Å². The number of nitrogens with zero attached hydrogens (tertiary/aromatic N) is 5. The first-order valence-corrected chi connectivity index (χ1v) is 12.5. The zero-order chi connectivity index (χ0) is 21.6. The van der Waals surface area contributed by atoms with Gasteiger partial charge in [-0.15, -0.1) is 11.3 Å². The van der Waals surface area contributed by atoms with Crippen LogP contribution in [0.15, 0.2) is 34.9 Å². The minimum atomic E-state index is 0.397. The molecule has 0 radical (unpaired) electrons. The number of thiophene rings is 1. The predicted molar refractivity (Wildman–Crippen MR) is 130 cm³/mol. The van der Waals surface area contributed by atoms with Crippen molar-refractivity contribution >= 4 is 23.0 Å². The highest BCUT2D eigenvalue weighted by molar-refractivity contribution is 7.10. The molecule has 0 spiro atoms. The first kappa shape index (κ1) is 22.1. The fourth-order valence-corrected chi connectivity index (χ4v) is 5.97. The molecule has 0 amide bonds. The topological polar surface area (TPSA) is 60.7 Å². The van der Waals surface area contributed by atoms with Crippen LogP contribution in [0.2, 0.25) is 0 Å². The van der Waals surface area contributed by atoms with Crippen molar-refractivity contribution in [2.75, 3.05) is 44.7 Å². The number of aliphatic imine (C=N–C) groups is 1. The van der Waals surface area contributed by atoms with Crippen LogP contribution in [0.1, 0.15) is 43.5 Å². The number of hydrogen-bond acceptors (Lipinski definition) is 5. The van der Waals surface area contributed by atoms with E-state index in [1.807, 2.05) is 29.3 Å². The smallest absolute Gasteiger partial charge is 0.191 e. The summed E-state index contributed by atoms with van der Waals surface area (Å²) < 4.78 is 1.88. The summed E-state index contributed by atoms with van der Waals surface area (Å²) in [5.41, 5.74) is 1.21. The van der Waals surface area contributed by atoms with Gasteiger partial charge in [0.15, 0.2) is 5.96 Å². The molecule has 2 aliphatic heterocycles. The van der Waals surface area contributed by atoms with Gasteiger partial charge >= 0.3 is 0 Å². The number of aryl methyl sites for hydroxylation is 1. The molecule has 2 aromatic heterocycles. The van der Waals surface area contributed by atoms with Crippen LogP contribution in [0.4, 0.5) is 5.69 Å². The Morgan fingerprint density at radius 2 is 2.13 bits per heavy atom. The van der Waals surface area contributed by atoms with Crippen molar-refractivity contribution in [2.24, 2.45) is 18.0 Å². The van der Waals surface area contributed by atoms with Gasteiger partial charge in [0.05, 0.1) is 11.9 Å². The van der Waals surface area contributed by atoms with E-state index in [1.54, 1.807) is 0 Å². The van der Waals surface area contributed by atoms with Gasteiger partial charge < -0.3 is 15.5 Å². The van der Waals surface area contributed by atoms with Crippen LogP contribution in [0.5, 0.6) is 0 Å². The number of aromatic nitrogens is 2. The average molecular weight is 444 g/mol. The van der Waals surface area contributed by atoms with E-state index in [4.69, 9.17) is 4.99 Å². The quantitative estimate of drug-likeness (QED) is 0.531. The Morgan fingerprint density at radius 3 is 2.87 bits per heavy atom. The summed E-state index contributed by atoms with van der Waals surface area (Å²) in [5.74, 6) is 1.52. The molecular weight excluding hydrogens is 406 g/mol. The van der Waals surface area contributed by atoms with Gasteiger partial charge in [0.2, 0.25) is 0 Å². The number of piperidine rings is 2. The lowest BCUT2D eigenvalue weighted by Gasteiger charge is -2.38. The Labute approximate surface area is 190 Å². The molecule has 0 aromatic carbocycles. The van der Waals surface area contributed by atoms with E-state index in [0.29, 0.717) is 18.0 Å². The molecule has 2 aromatic rings. The van der Waals surface area contributed by atoms with Gasteiger partial charge in [0.25, 0.3) is 0 Å². The lowest BCUT2D eigenvalue weighted by atomic mass is 9.88. The second-order valence-corrected chi connectivity index (χ2v) is 9.84. The van der Waals surface area contributed by atoms with Crippen LogP contribution < -0.4 is 15.5 Å². The fourth-order valence-electron chi connectivity index (χ4n) is 4.98. The van der Waals surface area contributed by atoms with E-state index in [9.17, 15) is 0 Å². The minimum Gasteiger partial charge on any atom is -0.367 e. The number of likely N-dealkylation sites (tertiary alicyclic amines) is 1. The second-order valence-electron chi connectivity index (χ2n) is 8.86. The predicted octanol–water partition coefficient (Wildman–Crippen LogP) is 3.09. The van der Waals surface area contributed by atoms with Crippen LogP contribution in [-0.2, 0) is 7.05 Å². The summed E-state index contributed by atoms with van der Waals surface area (Å²) >= 11 is 1.88. The standard InChI is InChI=1S/C23H37N7S/c1-4-24-23(27-19-9-6-12-30(16-19)20-15-26-29(3)17-20)25-14-18-8-5-11-28(2)22(18)21-10-7-13-31-21/h7,10,13,15,17-19,22H,4-6,8-9,11-12,14,16H2,1-3H3,(H2,24,25,27). The summed E-state index contributed by atoms with van der Waals surface area (Å²) in [6.45, 7) is 7.13. The number of nitrogens with one attached hydrogen (secondary N) is 2. The maximum Gasteiger partial charge on any atom is 0.191 e. The highest BCUT2D eigenvalue weighted by atomic mass is 32.1. The Morgan fingerprint density at radius 1 is 1.26 bits per heavy atom. The largest absolute Gasteiger partial charge is 0.367 e. The van der Waals surface area contributed by atoms with Crippen molar-refractivity contribution in [3.05, 3.63) is 34.8 Å². The molecule has 4 heterocycles. The molecule has 0 saturated carbocycles. The lowest BCUT2D eigenvalue weighted by molar-refractivity contribution is 0.128. The molecule has 0 aliphatic carbocycles. The third kappa shape index (κ3) is 5.60. The fraction of sp³-hybridized carbons (Fsp3) is 0.652. The lowest BCUT2D eigenvalue weighted by Crippen LogP contribution is -2.51. The van der Waals surface area contributed by atoms with Crippen molar-refractivity contribution < 1.29 is 0 Å².